The van der Waals surface area contributed by atoms with Gasteiger partial charge in [0, 0.05) is 17.1 Å². The summed E-state index contributed by atoms with van der Waals surface area (Å²) < 4.78 is 4.98. The number of nitrogens with zero attached hydrogens (tertiary/aromatic N) is 2. The topological polar surface area (TPSA) is 38.9 Å². The van der Waals surface area contributed by atoms with Crippen molar-refractivity contribution in [3.05, 3.63) is 11.5 Å². The van der Waals surface area contributed by atoms with Crippen molar-refractivity contribution in [2.24, 2.45) is 0 Å². The smallest absolute Gasteiger partial charge is 0.160 e. The second kappa shape index (κ2) is 2.64. The fourth-order valence-corrected chi connectivity index (χ4v) is 1.01. The molecule has 62 valence electrons. The Morgan fingerprint density at radius 3 is 2.36 bits per heavy atom. The van der Waals surface area contributed by atoms with Gasteiger partial charge in [0.05, 0.1) is 0 Å². The second-order valence-electron chi connectivity index (χ2n) is 3.65. The molecule has 0 saturated carbocycles. The first kappa shape index (κ1) is 8.24. The Morgan fingerprint density at radius 2 is 2.00 bits per heavy atom. The summed E-state index contributed by atoms with van der Waals surface area (Å²) in [5.41, 5.74) is 1.02. The van der Waals surface area contributed by atoms with E-state index in [2.05, 4.69) is 31.1 Å². The van der Waals surface area contributed by atoms with E-state index in [1.807, 2.05) is 6.92 Å². The first-order chi connectivity index (χ1) is 5.05. The molecule has 0 fully saturated rings. The highest BCUT2D eigenvalue weighted by molar-refractivity contribution is 5.14. The molecule has 11 heavy (non-hydrogen) atoms. The van der Waals surface area contributed by atoms with Gasteiger partial charge in [-0.25, -0.2) is 0 Å². The van der Waals surface area contributed by atoms with Crippen LogP contribution in [0.15, 0.2) is 4.52 Å². The molecule has 0 aromatic carbocycles. The van der Waals surface area contributed by atoms with E-state index in [9.17, 15) is 0 Å². The monoisotopic (exact) mass is 154 g/mol. The molecule has 3 nitrogen and oxygen atoms in total. The van der Waals surface area contributed by atoms with Crippen molar-refractivity contribution < 1.29 is 4.52 Å². The largest absolute Gasteiger partial charge is 0.342 e. The molecule has 0 atom stereocenters. The fourth-order valence-electron chi connectivity index (χ4n) is 1.01. The molecule has 1 heterocycles. The maximum Gasteiger partial charge on any atom is 0.160 e. The van der Waals surface area contributed by atoms with Crippen LogP contribution in [-0.2, 0) is 11.8 Å². The van der Waals surface area contributed by atoms with Crippen LogP contribution in [0.25, 0.3) is 0 Å². The maximum atomic E-state index is 4.98. The van der Waals surface area contributed by atoms with E-state index in [0.717, 1.165) is 17.9 Å². The number of rotatable bonds is 1. The Hall–Kier alpha value is -0.860. The molecule has 1 rings (SSSR count). The third kappa shape index (κ3) is 1.59. The van der Waals surface area contributed by atoms with Gasteiger partial charge in [0.25, 0.3) is 0 Å². The van der Waals surface area contributed by atoms with Crippen molar-refractivity contribution in [2.45, 2.75) is 39.5 Å². The van der Waals surface area contributed by atoms with Crippen LogP contribution in [0.3, 0.4) is 0 Å². The average molecular weight is 154 g/mol. The quantitative estimate of drug-likeness (QED) is 0.620. The lowest BCUT2D eigenvalue weighted by atomic mass is 9.90. The highest BCUT2D eigenvalue weighted by Crippen LogP contribution is 2.23. The van der Waals surface area contributed by atoms with Gasteiger partial charge < -0.3 is 4.52 Å². The minimum absolute atomic E-state index is 0.0470. The minimum atomic E-state index is 0.0470. The van der Waals surface area contributed by atoms with Gasteiger partial charge in [-0.05, 0) is 0 Å². The van der Waals surface area contributed by atoms with Crippen LogP contribution in [0.1, 0.15) is 39.1 Å². The van der Waals surface area contributed by atoms with E-state index < -0.39 is 0 Å². The summed E-state index contributed by atoms with van der Waals surface area (Å²) in [7, 11) is 0. The highest BCUT2D eigenvalue weighted by atomic mass is 16.5. The molecule has 1 aromatic heterocycles. The zero-order valence-corrected chi connectivity index (χ0v) is 7.51. The Labute approximate surface area is 66.8 Å². The molecular formula is C8H14N2O. The summed E-state index contributed by atoms with van der Waals surface area (Å²) in [6, 6.07) is 0. The van der Waals surface area contributed by atoms with Gasteiger partial charge >= 0.3 is 0 Å². The van der Waals surface area contributed by atoms with Crippen molar-refractivity contribution >= 4 is 0 Å². The molecular weight excluding hydrogens is 140 g/mol. The van der Waals surface area contributed by atoms with Gasteiger partial charge in [-0.1, -0.05) is 27.7 Å². The number of hydrogen-bond donors (Lipinski definition) is 0. The van der Waals surface area contributed by atoms with Crippen LogP contribution in [-0.4, -0.2) is 10.4 Å². The van der Waals surface area contributed by atoms with Crippen molar-refractivity contribution in [3.63, 3.8) is 0 Å². The van der Waals surface area contributed by atoms with Crippen molar-refractivity contribution in [1.29, 1.82) is 0 Å². The predicted octanol–water partition coefficient (Wildman–Crippen LogP) is 1.93. The first-order valence-electron chi connectivity index (χ1n) is 3.87. The normalized spacial score (nSPS) is 12.0. The van der Waals surface area contributed by atoms with E-state index in [4.69, 9.17) is 4.52 Å². The third-order valence-corrected chi connectivity index (χ3v) is 1.59. The molecule has 0 aliphatic rings. The first-order valence-corrected chi connectivity index (χ1v) is 3.87. The summed E-state index contributed by atoms with van der Waals surface area (Å²) in [6.07, 6.45) is 0.861. The number of aromatic nitrogens is 2. The van der Waals surface area contributed by atoms with Crippen molar-refractivity contribution in [2.75, 3.05) is 0 Å². The van der Waals surface area contributed by atoms with Crippen LogP contribution < -0.4 is 0 Å². The Morgan fingerprint density at radius 1 is 1.36 bits per heavy atom. The predicted molar refractivity (Wildman–Crippen MR) is 42.4 cm³/mol. The third-order valence-electron chi connectivity index (χ3n) is 1.59. The number of aryl methyl sites for hydroxylation is 1. The lowest BCUT2D eigenvalue weighted by Crippen LogP contribution is -2.13. The van der Waals surface area contributed by atoms with E-state index >= 15 is 0 Å². The molecule has 0 radical (unpaired) electrons. The standard InChI is InChI=1S/C8H14N2O/c1-5-6-7(8(2,3)4)9-10-11-6/h5H2,1-4H3. The van der Waals surface area contributed by atoms with Crippen LogP contribution in [0.4, 0.5) is 0 Å². The van der Waals surface area contributed by atoms with Gasteiger partial charge in [0.15, 0.2) is 5.76 Å². The van der Waals surface area contributed by atoms with Gasteiger partial charge in [-0.15, -0.1) is 5.10 Å². The van der Waals surface area contributed by atoms with E-state index in [0.29, 0.717) is 0 Å². The molecule has 0 spiro atoms. The van der Waals surface area contributed by atoms with Gasteiger partial charge in [0.2, 0.25) is 0 Å². The lowest BCUT2D eigenvalue weighted by Gasteiger charge is -2.14. The summed E-state index contributed by atoms with van der Waals surface area (Å²) in [5.74, 6) is 0.900. The molecule has 0 unspecified atom stereocenters. The molecule has 1 aromatic rings. The van der Waals surface area contributed by atoms with E-state index in [1.165, 1.54) is 0 Å². The molecule has 0 saturated heterocycles. The summed E-state index contributed by atoms with van der Waals surface area (Å²) >= 11 is 0. The van der Waals surface area contributed by atoms with Crippen LogP contribution in [0.2, 0.25) is 0 Å². The molecule has 3 heteroatoms. The van der Waals surface area contributed by atoms with Crippen LogP contribution in [0.5, 0.6) is 0 Å². The maximum absolute atomic E-state index is 4.98. The Bertz CT molecular complexity index is 234. The molecule has 0 bridgehead atoms. The van der Waals surface area contributed by atoms with Gasteiger partial charge in [-0.3, -0.25) is 0 Å². The zero-order chi connectivity index (χ0) is 8.48. The lowest BCUT2D eigenvalue weighted by molar-refractivity contribution is 0.364. The van der Waals surface area contributed by atoms with Crippen molar-refractivity contribution in [3.8, 4) is 0 Å². The SMILES string of the molecule is CCc1onnc1C(C)(C)C. The average Bonchev–Trinajstić information content (AvgIpc) is 2.31. The fraction of sp³-hybridized carbons (Fsp3) is 0.750. The minimum Gasteiger partial charge on any atom is -0.342 e. The van der Waals surface area contributed by atoms with E-state index in [1.54, 1.807) is 0 Å². The van der Waals surface area contributed by atoms with Crippen molar-refractivity contribution in [1.82, 2.24) is 10.4 Å². The van der Waals surface area contributed by atoms with Crippen LogP contribution >= 0.6 is 0 Å². The molecule has 0 aliphatic carbocycles. The van der Waals surface area contributed by atoms with E-state index in [-0.39, 0.29) is 5.41 Å². The zero-order valence-electron chi connectivity index (χ0n) is 7.51. The summed E-state index contributed by atoms with van der Waals surface area (Å²) in [6.45, 7) is 8.35. The van der Waals surface area contributed by atoms with Gasteiger partial charge in [0.1, 0.15) is 5.69 Å². The molecule has 0 N–H and O–H groups in total. The van der Waals surface area contributed by atoms with Crippen LogP contribution in [0, 0.1) is 0 Å². The molecule has 0 amide bonds. The number of hydrogen-bond acceptors (Lipinski definition) is 3. The Kier molecular flexibility index (Phi) is 1.98. The summed E-state index contributed by atoms with van der Waals surface area (Å²) in [5, 5.41) is 7.48. The van der Waals surface area contributed by atoms with Gasteiger partial charge in [-0.2, -0.15) is 0 Å². The Balaban J connectivity index is 3.02. The second-order valence-corrected chi connectivity index (χ2v) is 3.65. The molecule has 0 aliphatic heterocycles. The highest BCUT2D eigenvalue weighted by Gasteiger charge is 2.22. The summed E-state index contributed by atoms with van der Waals surface area (Å²) in [4.78, 5) is 0.